The van der Waals surface area contributed by atoms with Gasteiger partial charge in [-0.25, -0.2) is 8.78 Å². The highest BCUT2D eigenvalue weighted by atomic mass is 79.9. The molecule has 2 nitrogen and oxygen atoms in total. The zero-order chi connectivity index (χ0) is 13.7. The summed E-state index contributed by atoms with van der Waals surface area (Å²) in [4.78, 5) is 4.84. The van der Waals surface area contributed by atoms with Crippen LogP contribution < -0.4 is 0 Å². The van der Waals surface area contributed by atoms with Crippen molar-refractivity contribution in [2.75, 3.05) is 0 Å². The molecule has 0 aliphatic rings. The maximum Gasteiger partial charge on any atom is 0.148 e. The van der Waals surface area contributed by atoms with E-state index < -0.39 is 11.6 Å². The molecule has 0 fully saturated rings. The second kappa shape index (κ2) is 6.43. The molecule has 0 unspecified atom stereocenters. The van der Waals surface area contributed by atoms with Gasteiger partial charge >= 0.3 is 0 Å². The van der Waals surface area contributed by atoms with Gasteiger partial charge in [-0.15, -0.1) is 0 Å². The summed E-state index contributed by atoms with van der Waals surface area (Å²) in [5.41, 5.74) is 0.557. The average Bonchev–Trinajstić information content (AvgIpc) is 2.39. The number of nitrogens with zero attached hydrogens (tertiary/aromatic N) is 1. The van der Waals surface area contributed by atoms with E-state index in [2.05, 4.69) is 27.3 Å². The van der Waals surface area contributed by atoms with E-state index in [1.54, 1.807) is 12.1 Å². The van der Waals surface area contributed by atoms with Crippen molar-refractivity contribution in [1.29, 1.82) is 0 Å². The molecule has 2 aromatic carbocycles. The molecule has 19 heavy (non-hydrogen) atoms. The van der Waals surface area contributed by atoms with Gasteiger partial charge in [-0.2, -0.15) is 0 Å². The van der Waals surface area contributed by atoms with Gasteiger partial charge in [0, 0.05) is 10.0 Å². The van der Waals surface area contributed by atoms with Crippen molar-refractivity contribution < 1.29 is 13.6 Å². The fraction of sp³-hybridized carbons (Fsp3) is 0.0714. The molecule has 2 rings (SSSR count). The zero-order valence-electron chi connectivity index (χ0n) is 9.74. The molecule has 0 heterocycles. The maximum absolute atomic E-state index is 13.3. The summed E-state index contributed by atoms with van der Waals surface area (Å²) in [6.45, 7) is -0.276. The monoisotopic (exact) mass is 324 g/mol. The predicted molar refractivity (Wildman–Crippen MR) is 71.8 cm³/mol. The van der Waals surface area contributed by atoms with E-state index in [4.69, 9.17) is 4.84 Å². The third-order valence-corrected chi connectivity index (χ3v) is 2.88. The second-order valence-electron chi connectivity index (χ2n) is 3.68. The van der Waals surface area contributed by atoms with Gasteiger partial charge in [-0.05, 0) is 24.3 Å². The van der Waals surface area contributed by atoms with Crippen molar-refractivity contribution in [2.45, 2.75) is 6.61 Å². The minimum atomic E-state index is -0.654. The van der Waals surface area contributed by atoms with Crippen molar-refractivity contribution >= 4 is 22.1 Å². The molecule has 5 heteroatoms. The standard InChI is InChI=1S/C14H9BrF2NO/c15-11-6-4-10(5-7-11)8-18-19-9-12-13(16)2-1-3-14(12)17/h1-7H,9H2. The molecule has 1 radical (unpaired) electrons. The van der Waals surface area contributed by atoms with Gasteiger partial charge in [0.2, 0.25) is 0 Å². The third-order valence-electron chi connectivity index (χ3n) is 2.35. The summed E-state index contributed by atoms with van der Waals surface area (Å²) >= 11 is 3.30. The van der Waals surface area contributed by atoms with Crippen molar-refractivity contribution in [1.82, 2.24) is 0 Å². The van der Waals surface area contributed by atoms with Crippen LogP contribution in [0.3, 0.4) is 0 Å². The van der Waals surface area contributed by atoms with E-state index >= 15 is 0 Å². The Hall–Kier alpha value is -1.75. The Morgan fingerprint density at radius 2 is 1.68 bits per heavy atom. The van der Waals surface area contributed by atoms with E-state index in [0.717, 1.165) is 4.47 Å². The SMILES string of the molecule is Fc1cccc(F)c1CO/N=[C]\c1ccc(Br)cc1. The molecule has 0 amide bonds. The van der Waals surface area contributed by atoms with E-state index in [1.165, 1.54) is 18.2 Å². The highest BCUT2D eigenvalue weighted by molar-refractivity contribution is 9.10. The molecule has 2 aromatic rings. The second-order valence-corrected chi connectivity index (χ2v) is 4.60. The Kier molecular flexibility index (Phi) is 4.63. The molecule has 0 aromatic heterocycles. The van der Waals surface area contributed by atoms with Crippen LogP contribution in [0, 0.1) is 11.6 Å². The van der Waals surface area contributed by atoms with Crippen LogP contribution in [0.25, 0.3) is 0 Å². The van der Waals surface area contributed by atoms with Crippen LogP contribution in [0.2, 0.25) is 0 Å². The normalized spacial score (nSPS) is 10.9. The topological polar surface area (TPSA) is 21.6 Å². The lowest BCUT2D eigenvalue weighted by Crippen LogP contribution is -1.96. The summed E-state index contributed by atoms with van der Waals surface area (Å²) in [5.74, 6) is -1.31. The van der Waals surface area contributed by atoms with Crippen LogP contribution in [0.4, 0.5) is 8.78 Å². The molecule has 0 saturated heterocycles. The first kappa shape index (κ1) is 13.7. The molecule has 0 bridgehead atoms. The molecule has 0 atom stereocenters. The molecule has 97 valence electrons. The van der Waals surface area contributed by atoms with Crippen molar-refractivity contribution in [3.05, 3.63) is 69.7 Å². The zero-order valence-corrected chi connectivity index (χ0v) is 11.3. The summed E-state index contributed by atoms with van der Waals surface area (Å²) in [5, 5.41) is 3.55. The molecule has 0 saturated carbocycles. The van der Waals surface area contributed by atoms with Gasteiger partial charge in [0.15, 0.2) is 0 Å². The van der Waals surface area contributed by atoms with E-state index in [0.29, 0.717) is 5.56 Å². The highest BCUT2D eigenvalue weighted by Gasteiger charge is 2.08. The number of hydrogen-bond acceptors (Lipinski definition) is 2. The molecule has 0 spiro atoms. The van der Waals surface area contributed by atoms with Crippen LogP contribution in [-0.2, 0) is 11.4 Å². The Morgan fingerprint density at radius 1 is 1.05 bits per heavy atom. The Labute approximate surface area is 117 Å². The highest BCUT2D eigenvalue weighted by Crippen LogP contribution is 2.13. The Morgan fingerprint density at radius 3 is 2.32 bits per heavy atom. The number of benzene rings is 2. The molecule has 0 N–H and O–H groups in total. The quantitative estimate of drug-likeness (QED) is 0.611. The van der Waals surface area contributed by atoms with Gasteiger partial charge in [-0.1, -0.05) is 39.3 Å². The number of halogens is 3. The maximum atomic E-state index is 13.3. The first-order valence-corrected chi connectivity index (χ1v) is 6.22. The molecular formula is C14H9BrF2NO. The van der Waals surface area contributed by atoms with Crippen molar-refractivity contribution in [3.8, 4) is 0 Å². The van der Waals surface area contributed by atoms with Crippen LogP contribution in [0.5, 0.6) is 0 Å². The smallest absolute Gasteiger partial charge is 0.148 e. The molecule has 0 aliphatic carbocycles. The average molecular weight is 325 g/mol. The van der Waals surface area contributed by atoms with Gasteiger partial charge in [0.1, 0.15) is 24.5 Å². The van der Waals surface area contributed by atoms with Crippen molar-refractivity contribution in [3.63, 3.8) is 0 Å². The Balaban J connectivity index is 1.95. The van der Waals surface area contributed by atoms with Crippen LogP contribution >= 0.6 is 15.9 Å². The lowest BCUT2D eigenvalue weighted by Gasteiger charge is -2.02. The summed E-state index contributed by atoms with van der Waals surface area (Å²) in [7, 11) is 0. The van der Waals surface area contributed by atoms with E-state index in [9.17, 15) is 8.78 Å². The largest absolute Gasteiger partial charge is 0.390 e. The first-order valence-electron chi connectivity index (χ1n) is 5.43. The molecule has 0 aliphatic heterocycles. The van der Waals surface area contributed by atoms with Gasteiger partial charge < -0.3 is 4.84 Å². The van der Waals surface area contributed by atoms with Crippen LogP contribution in [0.15, 0.2) is 52.1 Å². The number of rotatable bonds is 4. The first-order chi connectivity index (χ1) is 9.16. The minimum absolute atomic E-state index is 0.149. The minimum Gasteiger partial charge on any atom is -0.390 e. The predicted octanol–water partition coefficient (Wildman–Crippen LogP) is 4.16. The number of hydrogen-bond donors (Lipinski definition) is 0. The van der Waals surface area contributed by atoms with Gasteiger partial charge in [0.25, 0.3) is 0 Å². The summed E-state index contributed by atoms with van der Waals surface area (Å²) in [6, 6.07) is 10.9. The van der Waals surface area contributed by atoms with Crippen LogP contribution in [-0.4, -0.2) is 6.21 Å². The fourth-order valence-corrected chi connectivity index (χ4v) is 1.64. The van der Waals surface area contributed by atoms with E-state index in [1.807, 2.05) is 12.1 Å². The van der Waals surface area contributed by atoms with E-state index in [-0.39, 0.29) is 12.2 Å². The van der Waals surface area contributed by atoms with Gasteiger partial charge in [0.05, 0.1) is 5.56 Å². The Bertz CT molecular complexity index is 564. The summed E-state index contributed by atoms with van der Waals surface area (Å²) < 4.78 is 27.5. The molecular weight excluding hydrogens is 316 g/mol. The van der Waals surface area contributed by atoms with Crippen molar-refractivity contribution in [2.24, 2.45) is 5.16 Å². The lowest BCUT2D eigenvalue weighted by molar-refractivity contribution is 0.126. The lowest BCUT2D eigenvalue weighted by atomic mass is 10.2. The fourth-order valence-electron chi connectivity index (χ4n) is 1.38. The van der Waals surface area contributed by atoms with Crippen LogP contribution in [0.1, 0.15) is 11.1 Å². The van der Waals surface area contributed by atoms with Gasteiger partial charge in [-0.3, -0.25) is 0 Å². The summed E-state index contributed by atoms with van der Waals surface area (Å²) in [6.07, 6.45) is 2.62. The third kappa shape index (κ3) is 3.86.